The number of fused-ring (bicyclic) bond motifs is 1. The number of benzene rings is 1. The number of aliphatic hydroxyl groups is 1. The van der Waals surface area contributed by atoms with Gasteiger partial charge in [0, 0.05) is 17.8 Å². The largest absolute Gasteiger partial charge is 0.394 e. The number of amides is 3. The Morgan fingerprint density at radius 1 is 1.20 bits per heavy atom. The van der Waals surface area contributed by atoms with E-state index in [1.54, 1.807) is 16.7 Å². The fourth-order valence-corrected chi connectivity index (χ4v) is 8.60. The molecule has 3 fully saturated rings. The standard InChI is InChI=1S/C27H39N3O4S/c1-5-9-17(4)29-25(33)23-27-13-12-20(35-27)21(24(32)28-14-18-10-7-6-8-11-18)22(27)26(34)30(23)19(15-31)16(2)3/h6-8,10-11,16-17,19-23,31H,5,9,12-15H2,1-4H3,(H,28,32)(H,29,33)/t17?,19-,20-,21+,22-,23?,27?/m0/s1. The van der Waals surface area contributed by atoms with Crippen molar-refractivity contribution in [2.24, 2.45) is 17.8 Å². The van der Waals surface area contributed by atoms with Gasteiger partial charge in [0.05, 0.1) is 29.2 Å². The van der Waals surface area contributed by atoms with Crippen LogP contribution in [0.15, 0.2) is 30.3 Å². The average molecular weight is 502 g/mol. The quantitative estimate of drug-likeness (QED) is 0.458. The van der Waals surface area contributed by atoms with Crippen LogP contribution in [0.5, 0.6) is 0 Å². The maximum Gasteiger partial charge on any atom is 0.244 e. The molecule has 7 nitrogen and oxygen atoms in total. The van der Waals surface area contributed by atoms with E-state index in [1.165, 1.54) is 0 Å². The molecule has 0 aromatic heterocycles. The third-order valence-corrected chi connectivity index (χ3v) is 9.97. The van der Waals surface area contributed by atoms with Gasteiger partial charge in [0.1, 0.15) is 6.04 Å². The predicted molar refractivity (Wildman–Crippen MR) is 137 cm³/mol. The second kappa shape index (κ2) is 10.5. The van der Waals surface area contributed by atoms with Crippen LogP contribution in [-0.2, 0) is 20.9 Å². The molecule has 1 spiro atoms. The van der Waals surface area contributed by atoms with Gasteiger partial charge in [-0.1, -0.05) is 57.5 Å². The minimum Gasteiger partial charge on any atom is -0.394 e. The lowest BCUT2D eigenvalue weighted by Crippen LogP contribution is -2.58. The fraction of sp³-hybridized carbons (Fsp3) is 0.667. The van der Waals surface area contributed by atoms with Crippen LogP contribution in [-0.4, -0.2) is 62.5 Å². The first-order valence-corrected chi connectivity index (χ1v) is 13.9. The van der Waals surface area contributed by atoms with Crippen molar-refractivity contribution >= 4 is 29.5 Å². The van der Waals surface area contributed by atoms with E-state index in [9.17, 15) is 19.5 Å². The van der Waals surface area contributed by atoms with E-state index in [0.29, 0.717) is 6.54 Å². The van der Waals surface area contributed by atoms with Crippen molar-refractivity contribution in [1.29, 1.82) is 0 Å². The van der Waals surface area contributed by atoms with E-state index >= 15 is 0 Å². The molecule has 3 amide bonds. The summed E-state index contributed by atoms with van der Waals surface area (Å²) < 4.78 is -0.630. The van der Waals surface area contributed by atoms with E-state index in [2.05, 4.69) is 17.6 Å². The highest BCUT2D eigenvalue weighted by Crippen LogP contribution is 2.66. The van der Waals surface area contributed by atoms with Gasteiger partial charge in [-0.25, -0.2) is 0 Å². The molecule has 7 atom stereocenters. The molecular weight excluding hydrogens is 462 g/mol. The maximum atomic E-state index is 14.0. The van der Waals surface area contributed by atoms with Crippen LogP contribution in [0, 0.1) is 17.8 Å². The minimum atomic E-state index is -0.680. The Bertz CT molecular complexity index is 942. The molecule has 3 N–H and O–H groups in total. The zero-order valence-corrected chi connectivity index (χ0v) is 22.0. The van der Waals surface area contributed by atoms with Crippen LogP contribution in [0.1, 0.15) is 58.9 Å². The number of nitrogens with zero attached hydrogens (tertiary/aromatic N) is 1. The van der Waals surface area contributed by atoms with Gasteiger partial charge in [-0.3, -0.25) is 14.4 Å². The zero-order chi connectivity index (χ0) is 25.3. The van der Waals surface area contributed by atoms with Gasteiger partial charge in [-0.05, 0) is 37.7 Å². The smallest absolute Gasteiger partial charge is 0.244 e. The molecule has 1 aromatic rings. The van der Waals surface area contributed by atoms with Crippen molar-refractivity contribution in [2.45, 2.75) is 88.0 Å². The molecule has 2 bridgehead atoms. The summed E-state index contributed by atoms with van der Waals surface area (Å²) in [4.78, 5) is 42.9. The third kappa shape index (κ3) is 4.59. The normalized spacial score (nSPS) is 30.9. The number of hydrogen-bond donors (Lipinski definition) is 3. The molecule has 3 saturated heterocycles. The van der Waals surface area contributed by atoms with Crippen molar-refractivity contribution in [2.75, 3.05) is 6.61 Å². The molecule has 35 heavy (non-hydrogen) atoms. The fourth-order valence-electron chi connectivity index (χ4n) is 6.40. The summed E-state index contributed by atoms with van der Waals surface area (Å²) in [7, 11) is 0. The highest BCUT2D eigenvalue weighted by Gasteiger charge is 2.74. The summed E-state index contributed by atoms with van der Waals surface area (Å²) >= 11 is 1.67. The van der Waals surface area contributed by atoms with E-state index in [4.69, 9.17) is 0 Å². The van der Waals surface area contributed by atoms with Gasteiger partial charge >= 0.3 is 0 Å². The first-order valence-electron chi connectivity index (χ1n) is 13.0. The minimum absolute atomic E-state index is 0.0000922. The van der Waals surface area contributed by atoms with Gasteiger partial charge in [-0.15, -0.1) is 11.8 Å². The second-order valence-electron chi connectivity index (χ2n) is 10.7. The van der Waals surface area contributed by atoms with Crippen molar-refractivity contribution in [1.82, 2.24) is 15.5 Å². The van der Waals surface area contributed by atoms with Gasteiger partial charge < -0.3 is 20.6 Å². The van der Waals surface area contributed by atoms with E-state index in [1.807, 2.05) is 51.1 Å². The van der Waals surface area contributed by atoms with Gasteiger partial charge in [-0.2, -0.15) is 0 Å². The molecule has 3 aliphatic heterocycles. The molecule has 3 unspecified atom stereocenters. The molecule has 8 heteroatoms. The van der Waals surface area contributed by atoms with Crippen LogP contribution in [0.3, 0.4) is 0 Å². The summed E-state index contributed by atoms with van der Waals surface area (Å²) in [6, 6.07) is 8.59. The number of hydrogen-bond acceptors (Lipinski definition) is 5. The summed E-state index contributed by atoms with van der Waals surface area (Å²) in [5.74, 6) is -1.46. The monoisotopic (exact) mass is 501 g/mol. The van der Waals surface area contributed by atoms with Crippen molar-refractivity contribution in [3.05, 3.63) is 35.9 Å². The number of likely N-dealkylation sites (tertiary alicyclic amines) is 1. The summed E-state index contributed by atoms with van der Waals surface area (Å²) in [5, 5.41) is 16.5. The van der Waals surface area contributed by atoms with Crippen LogP contribution >= 0.6 is 11.8 Å². The molecule has 192 valence electrons. The Morgan fingerprint density at radius 3 is 2.54 bits per heavy atom. The lowest BCUT2D eigenvalue weighted by Gasteiger charge is -2.39. The van der Waals surface area contributed by atoms with Gasteiger partial charge in [0.2, 0.25) is 17.7 Å². The van der Waals surface area contributed by atoms with Gasteiger partial charge in [0.25, 0.3) is 0 Å². The summed E-state index contributed by atoms with van der Waals surface area (Å²) in [5.41, 5.74) is 1.01. The molecule has 0 radical (unpaired) electrons. The number of nitrogens with one attached hydrogen (secondary N) is 2. The average Bonchev–Trinajstić information content (AvgIpc) is 3.46. The topological polar surface area (TPSA) is 98.7 Å². The molecule has 1 aromatic carbocycles. The van der Waals surface area contributed by atoms with Crippen LogP contribution in [0.4, 0.5) is 0 Å². The molecule has 0 saturated carbocycles. The maximum absolute atomic E-state index is 14.0. The first-order chi connectivity index (χ1) is 16.7. The van der Waals surface area contributed by atoms with E-state index in [0.717, 1.165) is 31.2 Å². The lowest BCUT2D eigenvalue weighted by atomic mass is 9.70. The molecule has 3 aliphatic rings. The van der Waals surface area contributed by atoms with Crippen molar-refractivity contribution in [3.8, 4) is 0 Å². The van der Waals surface area contributed by atoms with Crippen LogP contribution < -0.4 is 10.6 Å². The van der Waals surface area contributed by atoms with Crippen molar-refractivity contribution in [3.63, 3.8) is 0 Å². The molecular formula is C27H39N3O4S. The highest BCUT2D eigenvalue weighted by molar-refractivity contribution is 8.02. The SMILES string of the molecule is CCCC(C)NC(=O)C1N([C@@H](CO)C(C)C)C(=O)[C@@H]2[C@H](C(=O)NCc3ccccc3)[C@@H]3CCC12S3. The number of thioether (sulfide) groups is 1. The van der Waals surface area contributed by atoms with Gasteiger partial charge in [0.15, 0.2) is 0 Å². The second-order valence-corrected chi connectivity index (χ2v) is 12.3. The van der Waals surface area contributed by atoms with Crippen LogP contribution in [0.2, 0.25) is 0 Å². The highest BCUT2D eigenvalue weighted by atomic mass is 32.2. The zero-order valence-electron chi connectivity index (χ0n) is 21.2. The summed E-state index contributed by atoms with van der Waals surface area (Å²) in [6.45, 7) is 8.19. The Balaban J connectivity index is 1.64. The number of aliphatic hydroxyl groups excluding tert-OH is 1. The molecule has 4 rings (SSSR count). The van der Waals surface area contributed by atoms with E-state index < -0.39 is 28.7 Å². The number of carbonyl (C=O) groups excluding carboxylic acids is 3. The van der Waals surface area contributed by atoms with E-state index in [-0.39, 0.29) is 41.5 Å². The van der Waals surface area contributed by atoms with Crippen LogP contribution in [0.25, 0.3) is 0 Å². The third-order valence-electron chi connectivity index (χ3n) is 8.02. The Labute approximate surface area is 212 Å². The Hall–Kier alpha value is -2.06. The molecule has 0 aliphatic carbocycles. The predicted octanol–water partition coefficient (Wildman–Crippen LogP) is 2.72. The molecule has 3 heterocycles. The lowest BCUT2D eigenvalue weighted by molar-refractivity contribution is -0.143. The Kier molecular flexibility index (Phi) is 7.81. The number of carbonyl (C=O) groups is 3. The number of rotatable bonds is 10. The summed E-state index contributed by atoms with van der Waals surface area (Å²) in [6.07, 6.45) is 3.35. The first kappa shape index (κ1) is 26.0. The Morgan fingerprint density at radius 2 is 1.91 bits per heavy atom. The van der Waals surface area contributed by atoms with Crippen molar-refractivity contribution < 1.29 is 19.5 Å².